The molecule has 0 amide bonds. The van der Waals surface area contributed by atoms with Gasteiger partial charge in [0.2, 0.25) is 0 Å². The van der Waals surface area contributed by atoms with Gasteiger partial charge in [0.05, 0.1) is 18.1 Å². The number of aromatic nitrogens is 1. The Labute approximate surface area is 99.6 Å². The summed E-state index contributed by atoms with van der Waals surface area (Å²) >= 11 is 0. The van der Waals surface area contributed by atoms with Crippen LogP contribution in [0.2, 0.25) is 0 Å². The molecule has 0 aliphatic carbocycles. The average Bonchev–Trinajstić information content (AvgIpc) is 3.02. The van der Waals surface area contributed by atoms with Crippen LogP contribution in [0.25, 0.3) is 11.1 Å². The van der Waals surface area contributed by atoms with Crippen molar-refractivity contribution in [3.63, 3.8) is 0 Å². The Morgan fingerprint density at radius 1 is 1.29 bits per heavy atom. The minimum absolute atomic E-state index is 0.808. The maximum absolute atomic E-state index is 5.41. The maximum atomic E-state index is 5.41. The van der Waals surface area contributed by atoms with Crippen LogP contribution in [0.5, 0.6) is 0 Å². The molecule has 1 N–H and O–H groups in total. The SMILES string of the molecule is c1cc2ncc(N3C[C@H]4CNC[C@H]4C3)cc2o1. The predicted molar refractivity (Wildman–Crippen MR) is 66.1 cm³/mol. The Hall–Kier alpha value is -1.55. The lowest BCUT2D eigenvalue weighted by atomic mass is 10.0. The molecule has 0 bridgehead atoms. The van der Waals surface area contributed by atoms with Crippen molar-refractivity contribution in [3.8, 4) is 0 Å². The molecule has 2 aromatic heterocycles. The van der Waals surface area contributed by atoms with E-state index in [0.29, 0.717) is 0 Å². The fraction of sp³-hybridized carbons (Fsp3) is 0.462. The van der Waals surface area contributed by atoms with Gasteiger partial charge in [0.1, 0.15) is 5.52 Å². The molecule has 4 heterocycles. The number of anilines is 1. The van der Waals surface area contributed by atoms with E-state index >= 15 is 0 Å². The van der Waals surface area contributed by atoms with E-state index in [1.807, 2.05) is 12.3 Å². The van der Waals surface area contributed by atoms with Crippen molar-refractivity contribution in [2.75, 3.05) is 31.1 Å². The van der Waals surface area contributed by atoms with E-state index < -0.39 is 0 Å². The number of fused-ring (bicyclic) bond motifs is 2. The zero-order chi connectivity index (χ0) is 11.2. The molecule has 2 aromatic rings. The molecule has 2 atom stereocenters. The van der Waals surface area contributed by atoms with Crippen molar-refractivity contribution in [2.45, 2.75) is 0 Å². The first-order valence-corrected chi connectivity index (χ1v) is 6.19. The Kier molecular flexibility index (Phi) is 1.93. The van der Waals surface area contributed by atoms with E-state index in [4.69, 9.17) is 4.42 Å². The Balaban J connectivity index is 1.66. The topological polar surface area (TPSA) is 41.3 Å². The highest BCUT2D eigenvalue weighted by atomic mass is 16.3. The van der Waals surface area contributed by atoms with Gasteiger partial charge in [-0.1, -0.05) is 0 Å². The lowest BCUT2D eigenvalue weighted by molar-refractivity contribution is 0.533. The largest absolute Gasteiger partial charge is 0.463 e. The molecule has 2 saturated heterocycles. The summed E-state index contributed by atoms with van der Waals surface area (Å²) in [6.45, 7) is 4.62. The second-order valence-electron chi connectivity index (χ2n) is 5.08. The van der Waals surface area contributed by atoms with Crippen LogP contribution in [0.4, 0.5) is 5.69 Å². The maximum Gasteiger partial charge on any atom is 0.154 e. The van der Waals surface area contributed by atoms with Gasteiger partial charge in [-0.3, -0.25) is 4.98 Å². The third kappa shape index (κ3) is 1.44. The van der Waals surface area contributed by atoms with Gasteiger partial charge in [0.15, 0.2) is 5.58 Å². The normalized spacial score (nSPS) is 27.9. The molecule has 0 aromatic carbocycles. The third-order valence-corrected chi connectivity index (χ3v) is 4.04. The van der Waals surface area contributed by atoms with E-state index in [-0.39, 0.29) is 0 Å². The summed E-state index contributed by atoms with van der Waals surface area (Å²) in [7, 11) is 0. The van der Waals surface area contributed by atoms with Crippen molar-refractivity contribution >= 4 is 16.8 Å². The van der Waals surface area contributed by atoms with Crippen LogP contribution in [-0.4, -0.2) is 31.2 Å². The highest BCUT2D eigenvalue weighted by molar-refractivity contribution is 5.76. The number of rotatable bonds is 1. The monoisotopic (exact) mass is 229 g/mol. The highest BCUT2D eigenvalue weighted by Gasteiger charge is 2.36. The van der Waals surface area contributed by atoms with Crippen LogP contribution in [-0.2, 0) is 0 Å². The lowest BCUT2D eigenvalue weighted by Gasteiger charge is -2.18. The summed E-state index contributed by atoms with van der Waals surface area (Å²) < 4.78 is 5.41. The summed E-state index contributed by atoms with van der Waals surface area (Å²) in [6, 6.07) is 4.01. The molecular formula is C13H15N3O. The standard InChI is InChI=1S/C13H15N3O/c1-2-17-13-3-11(6-15-12(1)13)16-7-9-4-14-5-10(9)8-16/h1-3,6,9-10,14H,4-5,7-8H2/t9-,10+. The quantitative estimate of drug-likeness (QED) is 0.804. The number of hydrogen-bond acceptors (Lipinski definition) is 4. The number of nitrogens with zero attached hydrogens (tertiary/aromatic N) is 2. The number of pyridine rings is 1. The number of nitrogens with one attached hydrogen (secondary N) is 1. The molecule has 2 aliphatic rings. The van der Waals surface area contributed by atoms with E-state index in [0.717, 1.165) is 49.1 Å². The fourth-order valence-corrected chi connectivity index (χ4v) is 3.08. The van der Waals surface area contributed by atoms with Crippen LogP contribution >= 0.6 is 0 Å². The number of furan rings is 1. The molecule has 88 valence electrons. The van der Waals surface area contributed by atoms with E-state index in [1.54, 1.807) is 6.26 Å². The fourth-order valence-electron chi connectivity index (χ4n) is 3.08. The molecule has 4 nitrogen and oxygen atoms in total. The van der Waals surface area contributed by atoms with Crippen molar-refractivity contribution in [1.29, 1.82) is 0 Å². The van der Waals surface area contributed by atoms with Gasteiger partial charge in [-0.05, 0) is 11.8 Å². The second-order valence-corrected chi connectivity index (χ2v) is 5.08. The highest BCUT2D eigenvalue weighted by Crippen LogP contribution is 2.31. The van der Waals surface area contributed by atoms with Crippen LogP contribution in [0.15, 0.2) is 29.0 Å². The molecule has 4 rings (SSSR count). The first-order valence-electron chi connectivity index (χ1n) is 6.19. The van der Waals surface area contributed by atoms with Gasteiger partial charge in [-0.25, -0.2) is 0 Å². The molecule has 17 heavy (non-hydrogen) atoms. The minimum atomic E-state index is 0.808. The molecule has 0 spiro atoms. The zero-order valence-electron chi connectivity index (χ0n) is 9.60. The van der Waals surface area contributed by atoms with Crippen LogP contribution in [0.1, 0.15) is 0 Å². The predicted octanol–water partition coefficient (Wildman–Crippen LogP) is 1.48. The molecular weight excluding hydrogens is 214 g/mol. The zero-order valence-corrected chi connectivity index (χ0v) is 9.60. The summed E-state index contributed by atoms with van der Waals surface area (Å²) in [4.78, 5) is 6.86. The van der Waals surface area contributed by atoms with Crippen molar-refractivity contribution in [2.24, 2.45) is 11.8 Å². The summed E-state index contributed by atoms with van der Waals surface area (Å²) in [5.41, 5.74) is 3.02. The molecule has 0 radical (unpaired) electrons. The van der Waals surface area contributed by atoms with Gasteiger partial charge in [-0.15, -0.1) is 0 Å². The lowest BCUT2D eigenvalue weighted by Crippen LogP contribution is -2.25. The van der Waals surface area contributed by atoms with E-state index in [9.17, 15) is 0 Å². The van der Waals surface area contributed by atoms with Crippen LogP contribution < -0.4 is 10.2 Å². The molecule has 4 heteroatoms. The van der Waals surface area contributed by atoms with Crippen molar-refractivity contribution in [3.05, 3.63) is 24.6 Å². The van der Waals surface area contributed by atoms with Crippen molar-refractivity contribution < 1.29 is 4.42 Å². The van der Waals surface area contributed by atoms with Gasteiger partial charge >= 0.3 is 0 Å². The summed E-state index contributed by atoms with van der Waals surface area (Å²) in [5, 5.41) is 3.46. The molecule has 2 fully saturated rings. The van der Waals surface area contributed by atoms with Gasteiger partial charge in [0.25, 0.3) is 0 Å². The Bertz CT molecular complexity index is 538. The Morgan fingerprint density at radius 2 is 2.12 bits per heavy atom. The molecule has 0 saturated carbocycles. The second kappa shape index (κ2) is 3.47. The van der Waals surface area contributed by atoms with Crippen molar-refractivity contribution in [1.82, 2.24) is 10.3 Å². The van der Waals surface area contributed by atoms with Crippen LogP contribution in [0.3, 0.4) is 0 Å². The van der Waals surface area contributed by atoms with Gasteiger partial charge < -0.3 is 14.6 Å². The Morgan fingerprint density at radius 3 is 2.94 bits per heavy atom. The average molecular weight is 229 g/mol. The van der Waals surface area contributed by atoms with E-state index in [2.05, 4.69) is 21.3 Å². The van der Waals surface area contributed by atoms with E-state index in [1.165, 1.54) is 5.69 Å². The third-order valence-electron chi connectivity index (χ3n) is 4.04. The van der Waals surface area contributed by atoms with Gasteiger partial charge in [0, 0.05) is 38.3 Å². The first-order chi connectivity index (χ1) is 8.40. The molecule has 0 unspecified atom stereocenters. The molecule has 2 aliphatic heterocycles. The number of hydrogen-bond donors (Lipinski definition) is 1. The summed E-state index contributed by atoms with van der Waals surface area (Å²) in [5.74, 6) is 1.62. The van der Waals surface area contributed by atoms with Gasteiger partial charge in [-0.2, -0.15) is 0 Å². The smallest absolute Gasteiger partial charge is 0.154 e. The minimum Gasteiger partial charge on any atom is -0.463 e. The first kappa shape index (κ1) is 9.48. The summed E-state index contributed by atoms with van der Waals surface area (Å²) in [6.07, 6.45) is 3.66. The van der Waals surface area contributed by atoms with Crippen LogP contribution in [0, 0.1) is 11.8 Å².